The first-order valence-electron chi connectivity index (χ1n) is 9.10. The van der Waals surface area contributed by atoms with Crippen molar-refractivity contribution in [2.45, 2.75) is 71.0 Å². The predicted octanol–water partition coefficient (Wildman–Crippen LogP) is 4.37. The van der Waals surface area contributed by atoms with E-state index in [1.807, 2.05) is 11.8 Å². The molecule has 1 rings (SSSR count). The highest BCUT2D eigenvalue weighted by molar-refractivity contribution is 6.43. The van der Waals surface area contributed by atoms with E-state index in [1.54, 1.807) is 12.7 Å². The molecule has 0 aromatic heterocycles. The first-order chi connectivity index (χ1) is 15.4. The maximum Gasteiger partial charge on any atom is 0.438 e. The molecule has 0 aromatic carbocycles. The summed E-state index contributed by atoms with van der Waals surface area (Å²) in [6.45, 7) is 10.8. The Morgan fingerprint density at radius 3 is 1.60 bits per heavy atom. The molecule has 1 saturated heterocycles. The number of amides is 4. The number of hydrogen-bond acceptors (Lipinski definition) is 5. The third-order valence-electron chi connectivity index (χ3n) is 3.36. The molecule has 35 heavy (non-hydrogen) atoms. The van der Waals surface area contributed by atoms with Crippen LogP contribution >= 0.6 is 0 Å². The van der Waals surface area contributed by atoms with E-state index in [0.29, 0.717) is 11.7 Å². The molecule has 0 saturated carbocycles. The van der Waals surface area contributed by atoms with Crippen molar-refractivity contribution in [2.24, 2.45) is 9.90 Å². The van der Waals surface area contributed by atoms with E-state index in [0.717, 1.165) is 7.41 Å². The van der Waals surface area contributed by atoms with Crippen LogP contribution in [0.4, 0.5) is 49.1 Å². The van der Waals surface area contributed by atoms with Crippen LogP contribution in [0.5, 0.6) is 0 Å². The highest BCUT2D eigenvalue weighted by Crippen LogP contribution is 2.34. The first-order valence-corrected chi connectivity index (χ1v) is 9.10. The smallest absolute Gasteiger partial charge is 0.438 e. The van der Waals surface area contributed by atoms with E-state index in [4.69, 9.17) is 0 Å². The average molecular weight is 526 g/mol. The van der Waals surface area contributed by atoms with Crippen molar-refractivity contribution < 1.29 is 58.6 Å². The van der Waals surface area contributed by atoms with Gasteiger partial charge in [-0.15, -0.1) is 0 Å². The molecule has 1 heterocycles. The SMILES string of the molecule is C=N[B]C.CC(C)(C)OC(=O)N=C(C(F)(F)F)C(F)(F)F.C[B]N1C(=O)NC(C)(C(F)(F)F)C1=O. The number of urea groups is 1. The normalized spacial score (nSPS) is 18.2. The van der Waals surface area contributed by atoms with E-state index in [-0.39, 0.29) is 0 Å². The van der Waals surface area contributed by atoms with Crippen LogP contribution in [0, 0.1) is 0 Å². The van der Waals surface area contributed by atoms with Gasteiger partial charge in [-0.1, -0.05) is 13.6 Å². The second-order valence-corrected chi connectivity index (χ2v) is 7.36. The lowest BCUT2D eigenvalue weighted by molar-refractivity contribution is -0.189. The average Bonchev–Trinajstić information content (AvgIpc) is 2.86. The Hall–Kier alpha value is -2.75. The number of hydrogen-bond donors (Lipinski definition) is 1. The Morgan fingerprint density at radius 1 is 1.00 bits per heavy atom. The Morgan fingerprint density at radius 2 is 1.40 bits per heavy atom. The first kappa shape index (κ1) is 34.4. The van der Waals surface area contributed by atoms with Crippen molar-refractivity contribution in [1.29, 1.82) is 0 Å². The number of nitrogens with zero attached hydrogens (tertiary/aromatic N) is 3. The van der Waals surface area contributed by atoms with Gasteiger partial charge >= 0.3 is 30.7 Å². The summed E-state index contributed by atoms with van der Waals surface area (Å²) < 4.78 is 113. The van der Waals surface area contributed by atoms with Gasteiger partial charge in [-0.3, -0.25) is 4.79 Å². The van der Waals surface area contributed by atoms with Gasteiger partial charge in [-0.25, -0.2) is 9.59 Å². The molecule has 198 valence electrons. The minimum atomic E-state index is -5.77. The zero-order valence-electron chi connectivity index (χ0n) is 19.2. The fraction of sp³-hybridized carbons (Fsp3) is 0.688. The van der Waals surface area contributed by atoms with Gasteiger partial charge in [-0.2, -0.15) is 44.5 Å². The molecule has 0 aliphatic carbocycles. The molecule has 1 aliphatic rings. The van der Waals surface area contributed by atoms with Gasteiger partial charge < -0.3 is 19.8 Å². The minimum Gasteiger partial charge on any atom is -0.442 e. The van der Waals surface area contributed by atoms with Crippen LogP contribution in [-0.4, -0.2) is 79.8 Å². The third-order valence-corrected chi connectivity index (χ3v) is 3.36. The number of rotatable bonds is 2. The molecule has 0 aromatic rings. The third kappa shape index (κ3) is 11.0. The number of alkyl halides is 9. The monoisotopic (exact) mass is 526 g/mol. The Kier molecular flexibility index (Phi) is 12.1. The molecule has 1 atom stereocenters. The van der Waals surface area contributed by atoms with Crippen molar-refractivity contribution >= 4 is 45.3 Å². The topological polar surface area (TPSA) is 100 Å². The van der Waals surface area contributed by atoms with Gasteiger partial charge in [0.15, 0.2) is 0 Å². The summed E-state index contributed by atoms with van der Waals surface area (Å²) in [7, 11) is 2.63. The van der Waals surface area contributed by atoms with Crippen LogP contribution in [0.1, 0.15) is 27.7 Å². The van der Waals surface area contributed by atoms with E-state index in [1.165, 1.54) is 27.6 Å². The van der Waals surface area contributed by atoms with Crippen LogP contribution in [0.15, 0.2) is 9.90 Å². The Bertz CT molecular complexity index is 793. The quantitative estimate of drug-likeness (QED) is 0.250. The summed E-state index contributed by atoms with van der Waals surface area (Å²) in [6, 6.07) is -1.06. The number of ether oxygens (including phenoxy) is 1. The Labute approximate surface area is 195 Å². The fourth-order valence-electron chi connectivity index (χ4n) is 1.75. The summed E-state index contributed by atoms with van der Waals surface area (Å²) in [5, 5.41) is 1.60. The summed E-state index contributed by atoms with van der Waals surface area (Å²) >= 11 is 0. The van der Waals surface area contributed by atoms with E-state index >= 15 is 0 Å². The lowest BCUT2D eigenvalue weighted by Crippen LogP contribution is -2.56. The van der Waals surface area contributed by atoms with Crippen LogP contribution in [0.25, 0.3) is 0 Å². The minimum absolute atomic E-state index is 0.410. The number of imide groups is 1. The molecule has 1 fully saturated rings. The van der Waals surface area contributed by atoms with Gasteiger partial charge in [0.05, 0.1) is 0 Å². The largest absolute Gasteiger partial charge is 0.442 e. The highest BCUT2D eigenvalue weighted by Gasteiger charge is 2.63. The van der Waals surface area contributed by atoms with Crippen molar-refractivity contribution in [1.82, 2.24) is 10.1 Å². The molecule has 19 heteroatoms. The molecule has 0 bridgehead atoms. The zero-order valence-corrected chi connectivity index (χ0v) is 19.2. The fourth-order valence-corrected chi connectivity index (χ4v) is 1.75. The summed E-state index contributed by atoms with van der Waals surface area (Å²) in [4.78, 5) is 38.6. The van der Waals surface area contributed by atoms with E-state index < -0.39 is 53.4 Å². The lowest BCUT2D eigenvalue weighted by Gasteiger charge is -2.24. The van der Waals surface area contributed by atoms with Gasteiger partial charge in [0, 0.05) is 0 Å². The van der Waals surface area contributed by atoms with Crippen molar-refractivity contribution in [3.05, 3.63) is 0 Å². The number of aliphatic imine (C=N–C) groups is 1. The van der Waals surface area contributed by atoms with Gasteiger partial charge in [0.25, 0.3) is 20.7 Å². The highest BCUT2D eigenvalue weighted by atomic mass is 19.4. The standard InChI is InChI=1S/C8H9F6NO2.C6H7BF3N2O2.C2H5BN/c1-6(2,3)17-5(16)15-4(7(9,10)11)8(12,13)14;1-5(6(8,9)10)3(13)12(7-2)4(14)11-5;1-3-4-2/h1-3H3;1-2H3,(H,11,14);2H2,1H3. The second kappa shape index (κ2) is 12.3. The van der Waals surface area contributed by atoms with Crippen LogP contribution < -0.4 is 5.32 Å². The molecule has 0 spiro atoms. The number of carbonyl (C=O) groups excluding carboxylic acids is 3. The van der Waals surface area contributed by atoms with Crippen LogP contribution in [-0.2, 0) is 9.53 Å². The van der Waals surface area contributed by atoms with Crippen molar-refractivity contribution in [2.75, 3.05) is 0 Å². The van der Waals surface area contributed by atoms with Crippen molar-refractivity contribution in [3.8, 4) is 0 Å². The molecule has 8 nitrogen and oxygen atoms in total. The molecule has 1 aliphatic heterocycles. The lowest BCUT2D eigenvalue weighted by atomic mass is 9.93. The van der Waals surface area contributed by atoms with Gasteiger partial charge in [0.2, 0.25) is 11.3 Å². The Balaban J connectivity index is 0. The summed E-state index contributed by atoms with van der Waals surface area (Å²) in [5.41, 5.74) is -7.18. The predicted molar refractivity (Wildman–Crippen MR) is 108 cm³/mol. The van der Waals surface area contributed by atoms with Gasteiger partial charge in [0.1, 0.15) is 5.60 Å². The molecule has 4 amide bonds. The van der Waals surface area contributed by atoms with Crippen molar-refractivity contribution in [3.63, 3.8) is 0 Å². The van der Waals surface area contributed by atoms with Gasteiger partial charge in [-0.05, 0) is 34.4 Å². The summed E-state index contributed by atoms with van der Waals surface area (Å²) in [5.74, 6) is -1.31. The maximum atomic E-state index is 12.4. The molecular formula is C16H21B2F9N4O4. The molecular weight excluding hydrogens is 505 g/mol. The maximum absolute atomic E-state index is 12.4. The zero-order chi connectivity index (χ0) is 28.6. The van der Waals surface area contributed by atoms with E-state index in [2.05, 4.69) is 16.4 Å². The van der Waals surface area contributed by atoms with E-state index in [9.17, 15) is 53.9 Å². The van der Waals surface area contributed by atoms with Crippen LogP contribution in [0.3, 0.4) is 0 Å². The second-order valence-electron chi connectivity index (χ2n) is 7.36. The molecule has 2 radical (unpaired) electrons. The molecule has 1 N–H and O–H groups in total. The molecule has 1 unspecified atom stereocenters. The number of nitrogens with one attached hydrogen (secondary N) is 1. The summed E-state index contributed by atoms with van der Waals surface area (Å²) in [6.07, 6.45) is -18.3. The number of carbonyl (C=O) groups is 3. The number of halogens is 9. The van der Waals surface area contributed by atoms with Crippen LogP contribution in [0.2, 0.25) is 13.6 Å².